The molecule has 0 spiro atoms. The number of rotatable bonds is 2. The van der Waals surface area contributed by atoms with E-state index in [9.17, 15) is 0 Å². The topological polar surface area (TPSA) is 45.3 Å². The van der Waals surface area contributed by atoms with Crippen LogP contribution in [-0.4, -0.2) is 26.2 Å². The third-order valence-electron chi connectivity index (χ3n) is 3.64. The van der Waals surface area contributed by atoms with E-state index in [1.54, 1.807) is 0 Å². The lowest BCUT2D eigenvalue weighted by molar-refractivity contribution is 0.196. The number of hydrogen-bond donors (Lipinski definition) is 3. The molecule has 0 aromatic carbocycles. The first kappa shape index (κ1) is 24.6. The van der Waals surface area contributed by atoms with E-state index in [4.69, 9.17) is 4.74 Å². The Morgan fingerprint density at radius 3 is 1.96 bits per heavy atom. The normalized spacial score (nSPS) is 20.9. The minimum atomic E-state index is 0.750. The van der Waals surface area contributed by atoms with E-state index >= 15 is 0 Å². The molecule has 0 aliphatic carbocycles. The molecule has 2 saturated heterocycles. The summed E-state index contributed by atoms with van der Waals surface area (Å²) in [5.41, 5.74) is 4.76. The predicted molar refractivity (Wildman–Crippen MR) is 119 cm³/mol. The summed E-state index contributed by atoms with van der Waals surface area (Å²) in [5.74, 6) is 0.948. The largest absolute Gasteiger partial charge is 0.490 e. The highest BCUT2D eigenvalue weighted by Gasteiger charge is 2.12. The second kappa shape index (κ2) is 15.9. The standard InChI is InChI=1S/C11H17NO.C10H16N2.C2H6/c1-4-5-6-10-11(9(2)3)12-7-8-13-10;1-3-5-6-10-9(4-2)11-7-8-12-10;1-2/h4-6,12H,7-8H2,1-3H3;3-6,11-12H,7-8H2,1-2H3;1-2H3/b5-4-,10-6+;5-3-,9-4-,10-6+;. The molecule has 2 rings (SSSR count). The number of ether oxygens (including phenoxy) is 1. The van der Waals surface area contributed by atoms with Gasteiger partial charge in [0.15, 0.2) is 0 Å². The van der Waals surface area contributed by atoms with Crippen molar-refractivity contribution in [3.05, 3.63) is 71.0 Å². The Labute approximate surface area is 166 Å². The van der Waals surface area contributed by atoms with Crippen molar-refractivity contribution in [3.63, 3.8) is 0 Å². The second-order valence-corrected chi connectivity index (χ2v) is 5.87. The van der Waals surface area contributed by atoms with Crippen molar-refractivity contribution < 1.29 is 4.74 Å². The summed E-state index contributed by atoms with van der Waals surface area (Å²) in [6.45, 7) is 17.9. The van der Waals surface area contributed by atoms with Crippen molar-refractivity contribution in [2.75, 3.05) is 26.2 Å². The number of nitrogens with one attached hydrogen (secondary N) is 3. The summed E-state index contributed by atoms with van der Waals surface area (Å²) in [4.78, 5) is 0. The number of morpholine rings is 1. The van der Waals surface area contributed by atoms with Crippen LogP contribution in [0.15, 0.2) is 71.0 Å². The Hall–Kier alpha value is -2.36. The maximum absolute atomic E-state index is 5.54. The summed E-state index contributed by atoms with van der Waals surface area (Å²) < 4.78 is 5.54. The van der Waals surface area contributed by atoms with Crippen LogP contribution in [0.2, 0.25) is 0 Å². The van der Waals surface area contributed by atoms with Crippen LogP contribution in [0.1, 0.15) is 48.5 Å². The molecule has 4 heteroatoms. The van der Waals surface area contributed by atoms with Gasteiger partial charge in [0.05, 0.1) is 17.1 Å². The van der Waals surface area contributed by atoms with Gasteiger partial charge in [0.2, 0.25) is 0 Å². The zero-order valence-electron chi connectivity index (χ0n) is 18.3. The molecular formula is C23H39N3O. The molecule has 4 nitrogen and oxygen atoms in total. The molecule has 0 aromatic rings. The Kier molecular flexibility index (Phi) is 14.5. The van der Waals surface area contributed by atoms with Gasteiger partial charge < -0.3 is 20.7 Å². The highest BCUT2D eigenvalue weighted by atomic mass is 16.5. The molecule has 0 aromatic heterocycles. The van der Waals surface area contributed by atoms with E-state index < -0.39 is 0 Å². The molecular weight excluding hydrogens is 334 g/mol. The molecule has 0 radical (unpaired) electrons. The molecule has 0 saturated carbocycles. The van der Waals surface area contributed by atoms with E-state index in [0.717, 1.165) is 37.7 Å². The molecule has 27 heavy (non-hydrogen) atoms. The van der Waals surface area contributed by atoms with Crippen molar-refractivity contribution in [2.45, 2.75) is 48.5 Å². The minimum Gasteiger partial charge on any atom is -0.490 e. The van der Waals surface area contributed by atoms with Gasteiger partial charge in [-0.1, -0.05) is 44.2 Å². The van der Waals surface area contributed by atoms with Crippen LogP contribution in [0.4, 0.5) is 0 Å². The van der Waals surface area contributed by atoms with Crippen molar-refractivity contribution >= 4 is 0 Å². The Morgan fingerprint density at radius 1 is 0.815 bits per heavy atom. The molecule has 152 valence electrons. The summed E-state index contributed by atoms with van der Waals surface area (Å²) in [7, 11) is 0. The van der Waals surface area contributed by atoms with Gasteiger partial charge in [0, 0.05) is 19.6 Å². The number of allylic oxidation sites excluding steroid dienone is 8. The lowest BCUT2D eigenvalue weighted by Crippen LogP contribution is -2.36. The summed E-state index contributed by atoms with van der Waals surface area (Å²) in [6, 6.07) is 0. The van der Waals surface area contributed by atoms with Crippen LogP contribution in [0.5, 0.6) is 0 Å². The zero-order valence-corrected chi connectivity index (χ0v) is 18.3. The Bertz CT molecular complexity index is 589. The smallest absolute Gasteiger partial charge is 0.142 e. The molecule has 2 heterocycles. The molecule has 0 unspecified atom stereocenters. The lowest BCUT2D eigenvalue weighted by atomic mass is 10.2. The fraction of sp³-hybridized carbons (Fsp3) is 0.478. The van der Waals surface area contributed by atoms with E-state index in [2.05, 4.69) is 41.9 Å². The SMILES string of the molecule is C/C=C\C=C1\OCCNC1=C(C)C.CC.C\C=C/C=C1/NCCN/C1=C\C. The molecule has 2 aliphatic rings. The van der Waals surface area contributed by atoms with Crippen LogP contribution < -0.4 is 16.0 Å². The lowest BCUT2D eigenvalue weighted by Gasteiger charge is -2.22. The van der Waals surface area contributed by atoms with E-state index in [1.807, 2.05) is 65.0 Å². The van der Waals surface area contributed by atoms with Crippen molar-refractivity contribution in [3.8, 4) is 0 Å². The van der Waals surface area contributed by atoms with Crippen LogP contribution in [-0.2, 0) is 4.74 Å². The van der Waals surface area contributed by atoms with Crippen LogP contribution in [0.3, 0.4) is 0 Å². The van der Waals surface area contributed by atoms with Gasteiger partial charge in [-0.15, -0.1) is 0 Å². The minimum absolute atomic E-state index is 0.750. The molecule has 2 fully saturated rings. The van der Waals surface area contributed by atoms with Gasteiger partial charge in [-0.05, 0) is 52.3 Å². The first-order chi connectivity index (χ1) is 13.1. The van der Waals surface area contributed by atoms with Crippen molar-refractivity contribution in [1.29, 1.82) is 0 Å². The number of hydrogen-bond acceptors (Lipinski definition) is 4. The van der Waals surface area contributed by atoms with Crippen molar-refractivity contribution in [2.24, 2.45) is 0 Å². The average molecular weight is 374 g/mol. The molecule has 0 bridgehead atoms. The average Bonchev–Trinajstić information content (AvgIpc) is 2.73. The van der Waals surface area contributed by atoms with Crippen LogP contribution in [0.25, 0.3) is 0 Å². The maximum Gasteiger partial charge on any atom is 0.142 e. The third-order valence-corrected chi connectivity index (χ3v) is 3.64. The quantitative estimate of drug-likeness (QED) is 0.642. The fourth-order valence-electron chi connectivity index (χ4n) is 2.42. The predicted octanol–water partition coefficient (Wildman–Crippen LogP) is 4.93. The molecule has 3 N–H and O–H groups in total. The zero-order chi connectivity index (χ0) is 20.5. The summed E-state index contributed by atoms with van der Waals surface area (Å²) >= 11 is 0. The van der Waals surface area contributed by atoms with E-state index in [1.165, 1.54) is 17.0 Å². The molecule has 2 aliphatic heterocycles. The monoisotopic (exact) mass is 373 g/mol. The van der Waals surface area contributed by atoms with E-state index in [0.29, 0.717) is 0 Å². The van der Waals surface area contributed by atoms with Gasteiger partial charge in [-0.25, -0.2) is 0 Å². The highest BCUT2D eigenvalue weighted by molar-refractivity contribution is 5.33. The summed E-state index contributed by atoms with van der Waals surface area (Å²) in [5, 5.41) is 9.99. The van der Waals surface area contributed by atoms with Gasteiger partial charge in [0.25, 0.3) is 0 Å². The van der Waals surface area contributed by atoms with Gasteiger partial charge in [-0.2, -0.15) is 0 Å². The van der Waals surface area contributed by atoms with Crippen molar-refractivity contribution in [1.82, 2.24) is 16.0 Å². The van der Waals surface area contributed by atoms with Gasteiger partial charge in [0.1, 0.15) is 12.4 Å². The Morgan fingerprint density at radius 2 is 1.41 bits per heavy atom. The molecule has 0 atom stereocenters. The van der Waals surface area contributed by atoms with Crippen LogP contribution in [0, 0.1) is 0 Å². The highest BCUT2D eigenvalue weighted by Crippen LogP contribution is 2.16. The second-order valence-electron chi connectivity index (χ2n) is 5.87. The molecule has 0 amide bonds. The maximum atomic E-state index is 5.54. The third kappa shape index (κ3) is 9.78. The van der Waals surface area contributed by atoms with Gasteiger partial charge >= 0.3 is 0 Å². The fourth-order valence-corrected chi connectivity index (χ4v) is 2.42. The first-order valence-corrected chi connectivity index (χ1v) is 9.98. The van der Waals surface area contributed by atoms with E-state index in [-0.39, 0.29) is 0 Å². The Balaban J connectivity index is 0.000000460. The first-order valence-electron chi connectivity index (χ1n) is 9.98. The van der Waals surface area contributed by atoms with Gasteiger partial charge in [-0.3, -0.25) is 0 Å². The van der Waals surface area contributed by atoms with Crippen LogP contribution >= 0.6 is 0 Å². The number of piperazine rings is 1. The summed E-state index contributed by atoms with van der Waals surface area (Å²) in [6.07, 6.45) is 14.2.